The van der Waals surface area contributed by atoms with Crippen molar-refractivity contribution >= 4 is 70.5 Å². The zero-order valence-electron chi connectivity index (χ0n) is 9.73. The Morgan fingerprint density at radius 1 is 1.30 bits per heavy atom. The van der Waals surface area contributed by atoms with Gasteiger partial charge in [-0.25, -0.2) is 8.42 Å². The van der Waals surface area contributed by atoms with E-state index in [1.54, 1.807) is 18.2 Å². The Balaban J connectivity index is 2.40. The van der Waals surface area contributed by atoms with Crippen molar-refractivity contribution in [2.75, 3.05) is 4.72 Å². The predicted octanol–water partition coefficient (Wildman–Crippen LogP) is 4.22. The quantitative estimate of drug-likeness (QED) is 0.717. The summed E-state index contributed by atoms with van der Waals surface area (Å²) in [7, 11) is -3.78. The maximum atomic E-state index is 12.3. The molecule has 0 saturated carbocycles. The molecule has 1 aromatic heterocycles. The van der Waals surface area contributed by atoms with Gasteiger partial charge in [-0.3, -0.25) is 4.72 Å². The highest BCUT2D eigenvalue weighted by molar-refractivity contribution is 9.11. The van der Waals surface area contributed by atoms with Crippen molar-refractivity contribution in [3.63, 3.8) is 0 Å². The summed E-state index contributed by atoms with van der Waals surface area (Å²) >= 11 is 13.6. The molecule has 108 valence electrons. The summed E-state index contributed by atoms with van der Waals surface area (Å²) < 4.78 is 28.2. The third-order valence-electron chi connectivity index (χ3n) is 2.32. The molecule has 2 rings (SSSR count). The fourth-order valence-electron chi connectivity index (χ4n) is 1.43. The third kappa shape index (κ3) is 3.55. The van der Waals surface area contributed by atoms with E-state index >= 15 is 0 Å². The summed E-state index contributed by atoms with van der Waals surface area (Å²) in [6, 6.07) is 6.30. The Bertz CT molecular complexity index is 746. The zero-order chi connectivity index (χ0) is 14.9. The second kappa shape index (κ2) is 6.33. The molecule has 0 saturated heterocycles. The minimum Gasteiger partial charge on any atom is -0.391 e. The van der Waals surface area contributed by atoms with E-state index < -0.39 is 10.0 Å². The van der Waals surface area contributed by atoms with Gasteiger partial charge in [-0.2, -0.15) is 0 Å². The Morgan fingerprint density at radius 3 is 2.60 bits per heavy atom. The molecule has 2 N–H and O–H groups in total. The summed E-state index contributed by atoms with van der Waals surface area (Å²) in [5.74, 6) is 0. The number of benzene rings is 1. The molecule has 0 fully saturated rings. The molecule has 0 aliphatic heterocycles. The van der Waals surface area contributed by atoms with Gasteiger partial charge in [-0.05, 0) is 40.2 Å². The van der Waals surface area contributed by atoms with Crippen molar-refractivity contribution < 1.29 is 13.5 Å². The van der Waals surface area contributed by atoms with Crippen LogP contribution >= 0.6 is 54.8 Å². The number of aliphatic hydroxyl groups excluding tert-OH is 1. The van der Waals surface area contributed by atoms with E-state index in [0.717, 1.165) is 11.3 Å². The van der Waals surface area contributed by atoms with Gasteiger partial charge in [0.1, 0.15) is 4.90 Å². The molecule has 0 amide bonds. The van der Waals surface area contributed by atoms with Gasteiger partial charge in [0.05, 0.1) is 21.1 Å². The number of halogens is 3. The van der Waals surface area contributed by atoms with Crippen LogP contribution < -0.4 is 4.72 Å². The first-order valence-corrected chi connectivity index (χ1v) is 9.47. The summed E-state index contributed by atoms with van der Waals surface area (Å²) in [5.41, 5.74) is 0.282. The SMILES string of the molecule is O=S(=O)(Nc1cc(Br)ccc1Cl)c1cc(CO)sc1Br. The molecular formula is C11H8Br2ClNO3S2. The highest BCUT2D eigenvalue weighted by Crippen LogP contribution is 2.34. The molecule has 2 aromatic rings. The monoisotopic (exact) mass is 459 g/mol. The molecule has 4 nitrogen and oxygen atoms in total. The lowest BCUT2D eigenvalue weighted by Crippen LogP contribution is -2.13. The second-order valence-electron chi connectivity index (χ2n) is 3.74. The first kappa shape index (κ1) is 16.3. The highest BCUT2D eigenvalue weighted by atomic mass is 79.9. The summed E-state index contributed by atoms with van der Waals surface area (Å²) in [6.45, 7) is -0.212. The molecule has 0 aliphatic rings. The maximum Gasteiger partial charge on any atom is 0.263 e. The van der Waals surface area contributed by atoms with Gasteiger partial charge in [-0.1, -0.05) is 27.5 Å². The largest absolute Gasteiger partial charge is 0.391 e. The lowest BCUT2D eigenvalue weighted by molar-refractivity contribution is 0.285. The topological polar surface area (TPSA) is 66.4 Å². The molecule has 0 bridgehead atoms. The zero-order valence-corrected chi connectivity index (χ0v) is 15.3. The lowest BCUT2D eigenvalue weighted by atomic mass is 10.3. The number of nitrogens with one attached hydrogen (secondary N) is 1. The van der Waals surface area contributed by atoms with E-state index in [9.17, 15) is 8.42 Å². The number of thiophene rings is 1. The normalized spacial score (nSPS) is 11.6. The smallest absolute Gasteiger partial charge is 0.263 e. The summed E-state index contributed by atoms with van der Waals surface area (Å²) in [6.07, 6.45) is 0. The van der Waals surface area contributed by atoms with Crippen molar-refractivity contribution in [1.29, 1.82) is 0 Å². The fraction of sp³-hybridized carbons (Fsp3) is 0.0909. The molecular weight excluding hydrogens is 454 g/mol. The van der Waals surface area contributed by atoms with E-state index in [2.05, 4.69) is 36.6 Å². The van der Waals surface area contributed by atoms with Crippen LogP contribution in [-0.2, 0) is 16.6 Å². The fourth-order valence-corrected chi connectivity index (χ4v) is 5.63. The van der Waals surface area contributed by atoms with Crippen molar-refractivity contribution in [1.82, 2.24) is 0 Å². The molecule has 0 aliphatic carbocycles. The van der Waals surface area contributed by atoms with Crippen LogP contribution in [0.2, 0.25) is 5.02 Å². The Hall–Kier alpha value is -0.120. The van der Waals surface area contributed by atoms with Crippen LogP contribution in [0.3, 0.4) is 0 Å². The molecule has 20 heavy (non-hydrogen) atoms. The average Bonchev–Trinajstić information content (AvgIpc) is 2.76. The van der Waals surface area contributed by atoms with Crippen LogP contribution in [-0.4, -0.2) is 13.5 Å². The molecule has 0 radical (unpaired) electrons. The van der Waals surface area contributed by atoms with Crippen molar-refractivity contribution in [2.45, 2.75) is 11.5 Å². The van der Waals surface area contributed by atoms with Gasteiger partial charge in [-0.15, -0.1) is 11.3 Å². The Kier molecular flexibility index (Phi) is 5.14. The van der Waals surface area contributed by atoms with Gasteiger partial charge >= 0.3 is 0 Å². The van der Waals surface area contributed by atoms with Crippen molar-refractivity contribution in [3.8, 4) is 0 Å². The van der Waals surface area contributed by atoms with E-state index in [-0.39, 0.29) is 17.2 Å². The van der Waals surface area contributed by atoms with E-state index in [0.29, 0.717) is 18.2 Å². The second-order valence-corrected chi connectivity index (χ2v) is 9.17. The number of aliphatic hydroxyl groups is 1. The number of hydrogen-bond donors (Lipinski definition) is 2. The molecule has 1 aromatic carbocycles. The van der Waals surface area contributed by atoms with Crippen LogP contribution in [0.15, 0.2) is 37.4 Å². The third-order valence-corrected chi connectivity index (χ3v) is 6.75. The van der Waals surface area contributed by atoms with Crippen molar-refractivity contribution in [2.24, 2.45) is 0 Å². The Morgan fingerprint density at radius 2 is 2.00 bits per heavy atom. The predicted molar refractivity (Wildman–Crippen MR) is 87.9 cm³/mol. The van der Waals surface area contributed by atoms with Crippen LogP contribution in [0.4, 0.5) is 5.69 Å². The van der Waals surface area contributed by atoms with E-state index in [4.69, 9.17) is 16.7 Å². The standard InChI is InChI=1S/C11H8Br2ClNO3S2/c12-6-1-2-8(14)9(3-6)15-20(17,18)10-4-7(5-16)19-11(10)13/h1-4,15-16H,5H2. The number of sulfonamides is 1. The van der Waals surface area contributed by atoms with E-state index in [1.807, 2.05) is 0 Å². The summed E-state index contributed by atoms with van der Waals surface area (Å²) in [5, 5.41) is 9.36. The van der Waals surface area contributed by atoms with Gasteiger partial charge in [0.2, 0.25) is 0 Å². The van der Waals surface area contributed by atoms with Gasteiger partial charge in [0.15, 0.2) is 0 Å². The Labute approximate surface area is 142 Å². The van der Waals surface area contributed by atoms with Crippen LogP contribution in [0.25, 0.3) is 0 Å². The minimum atomic E-state index is -3.78. The van der Waals surface area contributed by atoms with Crippen LogP contribution in [0, 0.1) is 0 Å². The highest BCUT2D eigenvalue weighted by Gasteiger charge is 2.22. The lowest BCUT2D eigenvalue weighted by Gasteiger charge is -2.09. The average molecular weight is 462 g/mol. The molecule has 9 heteroatoms. The number of anilines is 1. The number of rotatable bonds is 4. The van der Waals surface area contributed by atoms with Crippen LogP contribution in [0.1, 0.15) is 4.88 Å². The first-order valence-electron chi connectivity index (χ1n) is 5.20. The molecule has 0 unspecified atom stereocenters. The number of hydrogen-bond acceptors (Lipinski definition) is 4. The van der Waals surface area contributed by atoms with Crippen molar-refractivity contribution in [3.05, 3.63) is 42.4 Å². The van der Waals surface area contributed by atoms with E-state index in [1.165, 1.54) is 6.07 Å². The van der Waals surface area contributed by atoms with Gasteiger partial charge in [0, 0.05) is 9.35 Å². The van der Waals surface area contributed by atoms with Gasteiger partial charge < -0.3 is 5.11 Å². The maximum absolute atomic E-state index is 12.3. The van der Waals surface area contributed by atoms with Crippen LogP contribution in [0.5, 0.6) is 0 Å². The first-order chi connectivity index (χ1) is 9.33. The molecule has 1 heterocycles. The molecule has 0 atom stereocenters. The summed E-state index contributed by atoms with van der Waals surface area (Å²) in [4.78, 5) is 0.625. The molecule has 0 spiro atoms. The van der Waals surface area contributed by atoms with Gasteiger partial charge in [0.25, 0.3) is 10.0 Å². The minimum absolute atomic E-state index is 0.0718.